The van der Waals surface area contributed by atoms with Gasteiger partial charge in [0, 0.05) is 6.07 Å². The zero-order chi connectivity index (χ0) is 15.4. The van der Waals surface area contributed by atoms with E-state index in [4.69, 9.17) is 5.73 Å². The third kappa shape index (κ3) is 3.95. The Balaban J connectivity index is 2.13. The van der Waals surface area contributed by atoms with Gasteiger partial charge in [0.25, 0.3) is 0 Å². The first-order valence-corrected chi connectivity index (χ1v) is 6.33. The fourth-order valence-corrected chi connectivity index (χ4v) is 1.80. The lowest BCUT2D eigenvalue weighted by atomic mass is 10.1. The lowest BCUT2D eigenvalue weighted by Gasteiger charge is -2.03. The number of benzene rings is 2. The number of hydrogen-bond donors (Lipinski definition) is 1. The van der Waals surface area contributed by atoms with Gasteiger partial charge in [-0.1, -0.05) is 17.7 Å². The van der Waals surface area contributed by atoms with Crippen LogP contribution in [0.5, 0.6) is 0 Å². The first-order chi connectivity index (χ1) is 9.95. The van der Waals surface area contributed by atoms with Crippen molar-refractivity contribution in [1.82, 2.24) is 0 Å². The van der Waals surface area contributed by atoms with Crippen molar-refractivity contribution in [3.63, 3.8) is 0 Å². The lowest BCUT2D eigenvalue weighted by Crippen LogP contribution is -2.17. The number of amidine groups is 1. The summed E-state index contributed by atoms with van der Waals surface area (Å²) in [6.07, 6.45) is -0.226. The van der Waals surface area contributed by atoms with Crippen molar-refractivity contribution in [2.45, 2.75) is 13.3 Å². The fourth-order valence-electron chi connectivity index (χ4n) is 1.80. The van der Waals surface area contributed by atoms with Crippen LogP contribution in [0.2, 0.25) is 0 Å². The quantitative estimate of drug-likeness (QED) is 0.531. The van der Waals surface area contributed by atoms with Crippen molar-refractivity contribution in [2.24, 2.45) is 10.7 Å². The predicted molar refractivity (Wildman–Crippen MR) is 77.8 cm³/mol. The highest BCUT2D eigenvalue weighted by molar-refractivity contribution is 6.09. The van der Waals surface area contributed by atoms with E-state index in [-0.39, 0.29) is 17.8 Å². The first kappa shape index (κ1) is 14.8. The molecule has 0 aliphatic carbocycles. The molecule has 0 amide bonds. The molecule has 0 spiro atoms. The van der Waals surface area contributed by atoms with E-state index in [1.54, 1.807) is 12.1 Å². The molecule has 0 aromatic heterocycles. The molecule has 0 fully saturated rings. The number of rotatable bonds is 4. The smallest absolute Gasteiger partial charge is 0.173 e. The number of aliphatic imine (C=N–C) groups is 1. The molecule has 5 heteroatoms. The number of Topliss-reactive ketones (excluding diaryl/α,β-unsaturated/α-hetero) is 1. The summed E-state index contributed by atoms with van der Waals surface area (Å²) in [5.74, 6) is -2.10. The second-order valence-corrected chi connectivity index (χ2v) is 4.66. The molecule has 0 atom stereocenters. The van der Waals surface area contributed by atoms with E-state index in [0.717, 1.165) is 17.7 Å². The lowest BCUT2D eigenvalue weighted by molar-refractivity contribution is 0.0996. The van der Waals surface area contributed by atoms with Crippen LogP contribution in [0.15, 0.2) is 47.5 Å². The third-order valence-corrected chi connectivity index (χ3v) is 2.88. The summed E-state index contributed by atoms with van der Waals surface area (Å²) in [6.45, 7) is 1.94. The van der Waals surface area contributed by atoms with E-state index in [0.29, 0.717) is 11.8 Å². The monoisotopic (exact) mass is 288 g/mol. The summed E-state index contributed by atoms with van der Waals surface area (Å²) >= 11 is 0. The zero-order valence-electron chi connectivity index (χ0n) is 11.4. The summed E-state index contributed by atoms with van der Waals surface area (Å²) < 4.78 is 26.3. The Hall–Kier alpha value is -2.56. The largest absolute Gasteiger partial charge is 0.387 e. The van der Waals surface area contributed by atoms with Crippen LogP contribution in [-0.4, -0.2) is 11.6 Å². The Morgan fingerprint density at radius 1 is 1.14 bits per heavy atom. The number of aryl methyl sites for hydroxylation is 1. The predicted octanol–water partition coefficient (Wildman–Crippen LogP) is 3.53. The molecule has 2 N–H and O–H groups in total. The molecule has 0 heterocycles. The van der Waals surface area contributed by atoms with Crippen LogP contribution in [0.25, 0.3) is 0 Å². The van der Waals surface area contributed by atoms with Crippen molar-refractivity contribution >= 4 is 17.3 Å². The first-order valence-electron chi connectivity index (χ1n) is 6.33. The Morgan fingerprint density at radius 3 is 2.43 bits per heavy atom. The average molecular weight is 288 g/mol. The van der Waals surface area contributed by atoms with Gasteiger partial charge >= 0.3 is 0 Å². The summed E-state index contributed by atoms with van der Waals surface area (Å²) in [5, 5.41) is 0. The van der Waals surface area contributed by atoms with Gasteiger partial charge in [0.05, 0.1) is 17.7 Å². The standard InChI is InChI=1S/C16H14F2N2O/c1-10-2-5-12(6-3-10)20-16(19)9-15(21)13-7-4-11(17)8-14(13)18/h2-8H,9H2,1H3,(H2,19,20). The Labute approximate surface area is 121 Å². The van der Waals surface area contributed by atoms with Gasteiger partial charge in [0.1, 0.15) is 17.5 Å². The number of nitrogens with zero attached hydrogens (tertiary/aromatic N) is 1. The second kappa shape index (κ2) is 6.26. The van der Waals surface area contributed by atoms with Crippen LogP contribution in [0, 0.1) is 18.6 Å². The topological polar surface area (TPSA) is 55.4 Å². The van der Waals surface area contributed by atoms with Gasteiger partial charge in [0.2, 0.25) is 0 Å². The van der Waals surface area contributed by atoms with E-state index < -0.39 is 17.4 Å². The van der Waals surface area contributed by atoms with Crippen LogP contribution in [0.4, 0.5) is 14.5 Å². The summed E-state index contributed by atoms with van der Waals surface area (Å²) in [6, 6.07) is 10.1. The molecule has 21 heavy (non-hydrogen) atoms. The van der Waals surface area contributed by atoms with E-state index in [1.807, 2.05) is 19.1 Å². The molecule has 0 bridgehead atoms. The number of ketones is 1. The second-order valence-electron chi connectivity index (χ2n) is 4.66. The van der Waals surface area contributed by atoms with E-state index in [2.05, 4.69) is 4.99 Å². The zero-order valence-corrected chi connectivity index (χ0v) is 11.4. The van der Waals surface area contributed by atoms with Crippen molar-refractivity contribution in [3.8, 4) is 0 Å². The van der Waals surface area contributed by atoms with Gasteiger partial charge in [-0.3, -0.25) is 4.79 Å². The third-order valence-electron chi connectivity index (χ3n) is 2.88. The molecule has 0 radical (unpaired) electrons. The molecule has 0 aliphatic heterocycles. The maximum Gasteiger partial charge on any atom is 0.173 e. The SMILES string of the molecule is Cc1ccc(N=C(N)CC(=O)c2ccc(F)cc2F)cc1. The van der Waals surface area contributed by atoms with Crippen molar-refractivity contribution in [2.75, 3.05) is 0 Å². The summed E-state index contributed by atoms with van der Waals surface area (Å²) in [4.78, 5) is 16.0. The highest BCUT2D eigenvalue weighted by Gasteiger charge is 2.13. The minimum atomic E-state index is -0.900. The molecule has 108 valence electrons. The van der Waals surface area contributed by atoms with Crippen LogP contribution >= 0.6 is 0 Å². The van der Waals surface area contributed by atoms with Crippen LogP contribution in [0.3, 0.4) is 0 Å². The fraction of sp³-hybridized carbons (Fsp3) is 0.125. The molecule has 0 saturated heterocycles. The van der Waals surface area contributed by atoms with E-state index >= 15 is 0 Å². The average Bonchev–Trinajstić information content (AvgIpc) is 2.41. The van der Waals surface area contributed by atoms with Gasteiger partial charge in [-0.25, -0.2) is 13.8 Å². The molecule has 2 aromatic rings. The highest BCUT2D eigenvalue weighted by atomic mass is 19.1. The number of carbonyl (C=O) groups excluding carboxylic acids is 1. The molecule has 3 nitrogen and oxygen atoms in total. The minimum Gasteiger partial charge on any atom is -0.387 e. The van der Waals surface area contributed by atoms with Gasteiger partial charge < -0.3 is 5.73 Å². The maximum atomic E-state index is 13.5. The molecule has 2 rings (SSSR count). The van der Waals surface area contributed by atoms with Crippen LogP contribution < -0.4 is 5.73 Å². The summed E-state index contributed by atoms with van der Waals surface area (Å²) in [7, 11) is 0. The van der Waals surface area contributed by atoms with Gasteiger partial charge in [0.15, 0.2) is 5.78 Å². The van der Waals surface area contributed by atoms with Gasteiger partial charge in [-0.05, 0) is 31.2 Å². The normalized spacial score (nSPS) is 11.5. The Morgan fingerprint density at radius 2 is 1.81 bits per heavy atom. The number of carbonyl (C=O) groups is 1. The Bertz CT molecular complexity index is 694. The van der Waals surface area contributed by atoms with E-state index in [9.17, 15) is 13.6 Å². The van der Waals surface area contributed by atoms with E-state index in [1.165, 1.54) is 0 Å². The Kier molecular flexibility index (Phi) is 4.42. The number of hydrogen-bond acceptors (Lipinski definition) is 2. The molecule has 0 saturated carbocycles. The molecule has 0 unspecified atom stereocenters. The van der Waals surface area contributed by atoms with Gasteiger partial charge in [-0.2, -0.15) is 0 Å². The van der Waals surface area contributed by atoms with Gasteiger partial charge in [-0.15, -0.1) is 0 Å². The summed E-state index contributed by atoms with van der Waals surface area (Å²) in [5.41, 5.74) is 7.20. The van der Waals surface area contributed by atoms with Crippen molar-refractivity contribution in [3.05, 3.63) is 65.2 Å². The molecular formula is C16H14F2N2O. The molecule has 0 aliphatic rings. The molecular weight excluding hydrogens is 274 g/mol. The highest BCUT2D eigenvalue weighted by Crippen LogP contribution is 2.15. The van der Waals surface area contributed by atoms with Crippen molar-refractivity contribution < 1.29 is 13.6 Å². The number of halogens is 2. The van der Waals surface area contributed by atoms with Crippen molar-refractivity contribution in [1.29, 1.82) is 0 Å². The minimum absolute atomic E-state index is 0.0765. The van der Waals surface area contributed by atoms with Crippen LogP contribution in [-0.2, 0) is 0 Å². The maximum absolute atomic E-state index is 13.5. The molecule has 2 aromatic carbocycles. The van der Waals surface area contributed by atoms with Crippen LogP contribution in [0.1, 0.15) is 22.3 Å². The number of nitrogens with two attached hydrogens (primary N) is 1.